The summed E-state index contributed by atoms with van der Waals surface area (Å²) in [5.41, 5.74) is 0.229. The van der Waals surface area contributed by atoms with Gasteiger partial charge in [0.15, 0.2) is 11.2 Å². The van der Waals surface area contributed by atoms with E-state index in [9.17, 15) is 9.59 Å². The van der Waals surface area contributed by atoms with E-state index in [1.54, 1.807) is 7.05 Å². The highest BCUT2D eigenvalue weighted by Gasteiger charge is 2.25. The van der Waals surface area contributed by atoms with Gasteiger partial charge in [0.05, 0.1) is 6.61 Å². The summed E-state index contributed by atoms with van der Waals surface area (Å²) in [5, 5.41) is 0. The van der Waals surface area contributed by atoms with Crippen LogP contribution in [-0.4, -0.2) is 62.9 Å². The van der Waals surface area contributed by atoms with Crippen molar-refractivity contribution in [2.75, 3.05) is 44.2 Å². The fourth-order valence-corrected chi connectivity index (χ4v) is 4.08. The van der Waals surface area contributed by atoms with Crippen LogP contribution in [0, 0.1) is 0 Å². The predicted octanol–water partition coefficient (Wildman–Crippen LogP) is 1.04. The van der Waals surface area contributed by atoms with Gasteiger partial charge in [-0.25, -0.2) is 4.79 Å². The number of benzene rings is 1. The van der Waals surface area contributed by atoms with E-state index in [-0.39, 0.29) is 11.2 Å². The van der Waals surface area contributed by atoms with Crippen LogP contribution >= 0.6 is 0 Å². The number of nitrogens with zero attached hydrogens (tertiary/aromatic N) is 6. The third kappa shape index (κ3) is 4.10. The van der Waals surface area contributed by atoms with E-state index in [2.05, 4.69) is 16.7 Å². The largest absolute Gasteiger partial charge is 0.494 e. The van der Waals surface area contributed by atoms with E-state index in [1.165, 1.54) is 11.6 Å². The molecule has 0 amide bonds. The van der Waals surface area contributed by atoms with Crippen molar-refractivity contribution in [2.45, 2.75) is 19.9 Å². The molecular formula is C22H30N6O3. The van der Waals surface area contributed by atoms with Crippen LogP contribution in [0.4, 0.5) is 5.95 Å². The lowest BCUT2D eigenvalue weighted by Gasteiger charge is -2.34. The van der Waals surface area contributed by atoms with Crippen molar-refractivity contribution in [1.82, 2.24) is 23.6 Å². The quantitative estimate of drug-likeness (QED) is 0.526. The topological polar surface area (TPSA) is 77.5 Å². The molecule has 31 heavy (non-hydrogen) atoms. The highest BCUT2D eigenvalue weighted by Crippen LogP contribution is 2.21. The smallest absolute Gasteiger partial charge is 0.332 e. The standard InChI is InChI=1S/C22H30N6O3/c1-4-26-12-14-27(15-13-26)21-23-19-18(20(29)25(3)22(30)24(19)2)28(21)11-8-16-31-17-9-6-5-7-10-17/h5-7,9-10H,4,8,11-16H2,1-3H3. The minimum Gasteiger partial charge on any atom is -0.494 e. The molecule has 0 radical (unpaired) electrons. The van der Waals surface area contributed by atoms with Gasteiger partial charge in [0, 0.05) is 46.8 Å². The Balaban J connectivity index is 1.65. The first-order chi connectivity index (χ1) is 15.0. The molecule has 1 aliphatic heterocycles. The van der Waals surface area contributed by atoms with Gasteiger partial charge in [0.1, 0.15) is 5.75 Å². The number of aryl methyl sites for hydroxylation is 2. The van der Waals surface area contributed by atoms with E-state index in [0.29, 0.717) is 30.7 Å². The summed E-state index contributed by atoms with van der Waals surface area (Å²) in [7, 11) is 3.18. The number of hydrogen-bond donors (Lipinski definition) is 0. The maximum atomic E-state index is 13.0. The van der Waals surface area contributed by atoms with Crippen LogP contribution in [-0.2, 0) is 20.6 Å². The van der Waals surface area contributed by atoms with Crippen LogP contribution in [0.3, 0.4) is 0 Å². The second kappa shape index (κ2) is 8.97. The van der Waals surface area contributed by atoms with E-state index in [1.807, 2.05) is 34.9 Å². The molecule has 166 valence electrons. The molecule has 0 unspecified atom stereocenters. The van der Waals surface area contributed by atoms with Crippen molar-refractivity contribution in [3.8, 4) is 5.75 Å². The first kappa shape index (κ1) is 21.2. The van der Waals surface area contributed by atoms with Crippen LogP contribution < -0.4 is 20.9 Å². The number of anilines is 1. The Bertz CT molecular complexity index is 1160. The van der Waals surface area contributed by atoms with E-state index >= 15 is 0 Å². The Hall–Kier alpha value is -3.07. The number of rotatable bonds is 7. The van der Waals surface area contributed by atoms with Gasteiger partial charge in [-0.15, -0.1) is 0 Å². The molecule has 0 spiro atoms. The van der Waals surface area contributed by atoms with Crippen LogP contribution in [0.2, 0.25) is 0 Å². The van der Waals surface area contributed by atoms with Gasteiger partial charge in [-0.3, -0.25) is 13.9 Å². The van der Waals surface area contributed by atoms with Crippen molar-refractivity contribution < 1.29 is 4.74 Å². The summed E-state index contributed by atoms with van der Waals surface area (Å²) in [6, 6.07) is 9.69. The molecule has 0 saturated carbocycles. The fraction of sp³-hybridized carbons (Fsp3) is 0.500. The molecule has 1 aliphatic rings. The van der Waals surface area contributed by atoms with Gasteiger partial charge in [-0.1, -0.05) is 25.1 Å². The first-order valence-corrected chi connectivity index (χ1v) is 10.8. The SMILES string of the molecule is CCN1CCN(c2nc3c(c(=O)n(C)c(=O)n3C)n2CCCOc2ccccc2)CC1. The average Bonchev–Trinajstić information content (AvgIpc) is 3.19. The van der Waals surface area contributed by atoms with E-state index in [0.717, 1.165) is 49.0 Å². The summed E-state index contributed by atoms with van der Waals surface area (Å²) in [6.45, 7) is 7.88. The molecule has 1 saturated heterocycles. The lowest BCUT2D eigenvalue weighted by atomic mass is 10.3. The van der Waals surface area contributed by atoms with Crippen molar-refractivity contribution >= 4 is 17.1 Å². The Kier molecular flexibility index (Phi) is 6.13. The zero-order valence-corrected chi connectivity index (χ0v) is 18.5. The molecule has 0 atom stereocenters. The predicted molar refractivity (Wildman–Crippen MR) is 121 cm³/mol. The molecule has 0 N–H and O–H groups in total. The molecule has 9 heteroatoms. The summed E-state index contributed by atoms with van der Waals surface area (Å²) >= 11 is 0. The summed E-state index contributed by atoms with van der Waals surface area (Å²) < 4.78 is 10.4. The monoisotopic (exact) mass is 426 g/mol. The van der Waals surface area contributed by atoms with Gasteiger partial charge in [0.25, 0.3) is 5.56 Å². The van der Waals surface area contributed by atoms with Gasteiger partial charge in [0.2, 0.25) is 5.95 Å². The van der Waals surface area contributed by atoms with E-state index < -0.39 is 0 Å². The number of aromatic nitrogens is 4. The molecule has 3 aromatic rings. The maximum Gasteiger partial charge on any atom is 0.332 e. The van der Waals surface area contributed by atoms with Gasteiger partial charge in [-0.2, -0.15) is 4.98 Å². The average molecular weight is 427 g/mol. The number of piperazine rings is 1. The highest BCUT2D eigenvalue weighted by molar-refractivity contribution is 5.74. The molecule has 9 nitrogen and oxygen atoms in total. The zero-order chi connectivity index (χ0) is 22.0. The molecule has 1 fully saturated rings. The fourth-order valence-electron chi connectivity index (χ4n) is 4.08. The normalized spacial score (nSPS) is 15.0. The highest BCUT2D eigenvalue weighted by atomic mass is 16.5. The van der Waals surface area contributed by atoms with Gasteiger partial charge < -0.3 is 19.1 Å². The minimum atomic E-state index is -0.364. The molecule has 2 aromatic heterocycles. The number of para-hydroxylation sites is 1. The van der Waals surface area contributed by atoms with Crippen LogP contribution in [0.5, 0.6) is 5.75 Å². The minimum absolute atomic E-state index is 0.312. The second-order valence-electron chi connectivity index (χ2n) is 7.88. The van der Waals surface area contributed by atoms with Crippen molar-refractivity contribution in [3.05, 3.63) is 51.2 Å². The molecular weight excluding hydrogens is 396 g/mol. The van der Waals surface area contributed by atoms with Crippen molar-refractivity contribution in [1.29, 1.82) is 0 Å². The number of likely N-dealkylation sites (N-methyl/N-ethyl adjacent to an activating group) is 1. The molecule has 1 aromatic carbocycles. The van der Waals surface area contributed by atoms with Crippen LogP contribution in [0.25, 0.3) is 11.2 Å². The van der Waals surface area contributed by atoms with Crippen molar-refractivity contribution in [2.24, 2.45) is 14.1 Å². The first-order valence-electron chi connectivity index (χ1n) is 10.8. The van der Waals surface area contributed by atoms with Gasteiger partial charge >= 0.3 is 5.69 Å². The number of imidazole rings is 1. The second-order valence-corrected chi connectivity index (χ2v) is 7.88. The van der Waals surface area contributed by atoms with Crippen LogP contribution in [0.1, 0.15) is 13.3 Å². The summed E-state index contributed by atoms with van der Waals surface area (Å²) in [5.74, 6) is 1.58. The Morgan fingerprint density at radius 1 is 1.00 bits per heavy atom. The van der Waals surface area contributed by atoms with Crippen molar-refractivity contribution in [3.63, 3.8) is 0 Å². The zero-order valence-electron chi connectivity index (χ0n) is 18.5. The summed E-state index contributed by atoms with van der Waals surface area (Å²) in [6.07, 6.45) is 0.717. The number of ether oxygens (including phenoxy) is 1. The van der Waals surface area contributed by atoms with E-state index in [4.69, 9.17) is 9.72 Å². The lowest BCUT2D eigenvalue weighted by Crippen LogP contribution is -2.47. The molecule has 0 bridgehead atoms. The van der Waals surface area contributed by atoms with Crippen LogP contribution in [0.15, 0.2) is 39.9 Å². The summed E-state index contributed by atoms with van der Waals surface area (Å²) in [4.78, 5) is 34.8. The molecule has 3 heterocycles. The Morgan fingerprint density at radius 2 is 1.71 bits per heavy atom. The molecule has 4 rings (SSSR count). The van der Waals surface area contributed by atoms with Gasteiger partial charge in [-0.05, 0) is 25.1 Å². The lowest BCUT2D eigenvalue weighted by molar-refractivity contribution is 0.268. The third-order valence-corrected chi connectivity index (χ3v) is 5.97. The Morgan fingerprint density at radius 3 is 2.39 bits per heavy atom. The Labute approximate surface area is 181 Å². The maximum absolute atomic E-state index is 13.0. The molecule has 0 aliphatic carbocycles. The number of fused-ring (bicyclic) bond motifs is 1. The number of hydrogen-bond acceptors (Lipinski definition) is 6. The third-order valence-electron chi connectivity index (χ3n) is 5.97.